The Bertz CT molecular complexity index is 671. The van der Waals surface area contributed by atoms with Crippen molar-refractivity contribution in [1.29, 1.82) is 0 Å². The van der Waals surface area contributed by atoms with E-state index in [2.05, 4.69) is 0 Å². The molecule has 0 unspecified atom stereocenters. The molecule has 1 heterocycles. The summed E-state index contributed by atoms with van der Waals surface area (Å²) < 4.78 is 25.9. The largest absolute Gasteiger partial charge is 0.506 e. The fraction of sp³-hybridized carbons (Fsp3) is 0.273. The second-order valence-electron chi connectivity index (χ2n) is 4.33. The van der Waals surface area contributed by atoms with E-state index < -0.39 is 22.0 Å². The summed E-state index contributed by atoms with van der Waals surface area (Å²) >= 11 is 0. The molecule has 2 amide bonds. The zero-order chi connectivity index (χ0) is 14.9. The van der Waals surface area contributed by atoms with Crippen molar-refractivity contribution in [1.82, 2.24) is 4.72 Å². The Morgan fingerprint density at radius 3 is 2.65 bits per heavy atom. The van der Waals surface area contributed by atoms with Gasteiger partial charge >= 0.3 is 10.2 Å². The van der Waals surface area contributed by atoms with Crippen LogP contribution in [-0.2, 0) is 26.2 Å². The maximum Gasteiger partial charge on any atom is 0.326 e. The molecule has 9 heteroatoms. The van der Waals surface area contributed by atoms with Gasteiger partial charge in [-0.15, -0.1) is 0 Å². The Labute approximate surface area is 115 Å². The topological polar surface area (TPSA) is 130 Å². The summed E-state index contributed by atoms with van der Waals surface area (Å²) in [5.74, 6) is -1.42. The lowest BCUT2D eigenvalue weighted by Crippen LogP contribution is -2.29. The molecule has 1 aromatic rings. The molecule has 1 aliphatic rings. The summed E-state index contributed by atoms with van der Waals surface area (Å²) in [7, 11) is -3.95. The highest BCUT2D eigenvalue weighted by molar-refractivity contribution is 7.92. The van der Waals surface area contributed by atoms with Gasteiger partial charge in [-0.2, -0.15) is 8.42 Å². The number of benzene rings is 1. The average Bonchev–Trinajstić information content (AvgIpc) is 2.60. The van der Waals surface area contributed by atoms with E-state index in [9.17, 15) is 23.1 Å². The van der Waals surface area contributed by atoms with Crippen LogP contribution in [0.5, 0.6) is 5.75 Å². The van der Waals surface area contributed by atoms with E-state index in [4.69, 9.17) is 5.73 Å². The van der Waals surface area contributed by atoms with Crippen LogP contribution in [0.1, 0.15) is 12.0 Å². The molecular weight excluding hydrogens is 286 g/mol. The number of rotatable bonds is 4. The Morgan fingerprint density at radius 1 is 1.45 bits per heavy atom. The van der Waals surface area contributed by atoms with Crippen LogP contribution in [0.2, 0.25) is 0 Å². The molecular formula is C11H13N3O5S. The maximum atomic E-state index is 11.6. The first-order chi connectivity index (χ1) is 9.29. The summed E-state index contributed by atoms with van der Waals surface area (Å²) in [6, 6.07) is 4.29. The Hall–Kier alpha value is -2.29. The van der Waals surface area contributed by atoms with Crippen molar-refractivity contribution < 1.29 is 23.1 Å². The summed E-state index contributed by atoms with van der Waals surface area (Å²) in [5, 5.41) is 9.87. The molecule has 1 aliphatic heterocycles. The quantitative estimate of drug-likeness (QED) is 0.656. The normalized spacial score (nSPS) is 17.0. The summed E-state index contributed by atoms with van der Waals surface area (Å²) in [5.41, 5.74) is 5.67. The first-order valence-corrected chi connectivity index (χ1v) is 7.17. The number of amides is 2. The van der Waals surface area contributed by atoms with Crippen LogP contribution in [0.4, 0.5) is 5.69 Å². The monoisotopic (exact) mass is 299 g/mol. The fourth-order valence-corrected chi connectivity index (χ4v) is 3.03. The van der Waals surface area contributed by atoms with Crippen LogP contribution in [0.3, 0.4) is 0 Å². The van der Waals surface area contributed by atoms with Crippen molar-refractivity contribution in [3.8, 4) is 5.75 Å². The van der Waals surface area contributed by atoms with Gasteiger partial charge in [0.1, 0.15) is 12.3 Å². The van der Waals surface area contributed by atoms with Gasteiger partial charge in [-0.05, 0) is 24.1 Å². The van der Waals surface area contributed by atoms with Crippen molar-refractivity contribution in [3.05, 3.63) is 23.8 Å². The van der Waals surface area contributed by atoms with E-state index in [0.717, 1.165) is 4.31 Å². The standard InChI is InChI=1S/C11H13N3O5S/c12-10(16)4-2-7-1-3-8(9(15)5-7)14-6-11(17)13-20(14,18)19/h1,3,5,15H,2,4,6H2,(H2,12,16)(H,13,17). The van der Waals surface area contributed by atoms with E-state index in [1.165, 1.54) is 12.1 Å². The minimum atomic E-state index is -3.95. The van der Waals surface area contributed by atoms with Gasteiger partial charge in [0.15, 0.2) is 0 Å². The number of nitrogens with two attached hydrogens (primary N) is 1. The van der Waals surface area contributed by atoms with Gasteiger partial charge in [0.25, 0.3) is 5.91 Å². The third kappa shape index (κ3) is 2.82. The van der Waals surface area contributed by atoms with Crippen molar-refractivity contribution in [2.45, 2.75) is 12.8 Å². The summed E-state index contributed by atoms with van der Waals surface area (Å²) in [4.78, 5) is 21.8. The number of hydrogen-bond donors (Lipinski definition) is 3. The fourth-order valence-electron chi connectivity index (χ4n) is 1.86. The van der Waals surface area contributed by atoms with E-state index in [1.807, 2.05) is 4.72 Å². The van der Waals surface area contributed by atoms with Crippen LogP contribution in [0.25, 0.3) is 0 Å². The zero-order valence-electron chi connectivity index (χ0n) is 10.4. The number of aryl methyl sites for hydroxylation is 1. The van der Waals surface area contributed by atoms with Crippen molar-refractivity contribution in [2.75, 3.05) is 10.8 Å². The van der Waals surface area contributed by atoms with Gasteiger partial charge in [0, 0.05) is 6.42 Å². The van der Waals surface area contributed by atoms with Gasteiger partial charge in [0.2, 0.25) is 5.91 Å². The Kier molecular flexibility index (Phi) is 3.53. The van der Waals surface area contributed by atoms with E-state index in [-0.39, 0.29) is 24.4 Å². The van der Waals surface area contributed by atoms with E-state index >= 15 is 0 Å². The molecule has 0 aliphatic carbocycles. The van der Waals surface area contributed by atoms with Crippen molar-refractivity contribution in [3.63, 3.8) is 0 Å². The van der Waals surface area contributed by atoms with Crippen molar-refractivity contribution >= 4 is 27.7 Å². The number of anilines is 1. The van der Waals surface area contributed by atoms with Crippen LogP contribution in [0.15, 0.2) is 18.2 Å². The highest BCUT2D eigenvalue weighted by atomic mass is 32.2. The molecule has 0 bridgehead atoms. The minimum Gasteiger partial charge on any atom is -0.506 e. The molecule has 8 nitrogen and oxygen atoms in total. The van der Waals surface area contributed by atoms with Crippen LogP contribution in [0, 0.1) is 0 Å². The molecule has 0 radical (unpaired) electrons. The van der Waals surface area contributed by atoms with E-state index in [1.54, 1.807) is 6.07 Å². The van der Waals surface area contributed by atoms with Gasteiger partial charge in [-0.3, -0.25) is 9.59 Å². The molecule has 1 saturated heterocycles. The number of carbonyl (C=O) groups excluding carboxylic acids is 2. The minimum absolute atomic E-state index is 0.00572. The number of nitrogens with zero attached hydrogens (tertiary/aromatic N) is 1. The van der Waals surface area contributed by atoms with Crippen LogP contribution >= 0.6 is 0 Å². The maximum absolute atomic E-state index is 11.6. The number of phenols is 1. The number of phenolic OH excluding ortho intramolecular Hbond substituents is 1. The molecule has 2 rings (SSSR count). The van der Waals surface area contributed by atoms with Crippen LogP contribution in [-0.4, -0.2) is 31.9 Å². The molecule has 0 atom stereocenters. The number of nitrogens with one attached hydrogen (secondary N) is 1. The third-order valence-electron chi connectivity index (χ3n) is 2.79. The first-order valence-electron chi connectivity index (χ1n) is 5.73. The first kappa shape index (κ1) is 14.1. The number of primary amides is 1. The summed E-state index contributed by atoms with van der Waals surface area (Å²) in [6.45, 7) is -0.378. The lowest BCUT2D eigenvalue weighted by molar-refractivity contribution is -0.118. The molecule has 1 fully saturated rings. The number of hydrogen-bond acceptors (Lipinski definition) is 5. The molecule has 0 spiro atoms. The molecule has 20 heavy (non-hydrogen) atoms. The third-order valence-corrected chi connectivity index (χ3v) is 4.18. The molecule has 1 aromatic carbocycles. The number of carbonyl (C=O) groups is 2. The van der Waals surface area contributed by atoms with Crippen molar-refractivity contribution in [2.24, 2.45) is 5.73 Å². The predicted octanol–water partition coefficient (Wildman–Crippen LogP) is -1.01. The molecule has 0 saturated carbocycles. The smallest absolute Gasteiger partial charge is 0.326 e. The van der Waals surface area contributed by atoms with Gasteiger partial charge in [-0.25, -0.2) is 9.03 Å². The van der Waals surface area contributed by atoms with E-state index in [0.29, 0.717) is 12.0 Å². The Morgan fingerprint density at radius 2 is 2.15 bits per heavy atom. The average molecular weight is 299 g/mol. The SMILES string of the molecule is NC(=O)CCc1ccc(N2CC(=O)NS2(=O)=O)c(O)c1. The predicted molar refractivity (Wildman–Crippen MR) is 70.0 cm³/mol. The zero-order valence-corrected chi connectivity index (χ0v) is 11.2. The highest BCUT2D eigenvalue weighted by Crippen LogP contribution is 2.31. The molecule has 108 valence electrons. The van der Waals surface area contributed by atoms with Gasteiger partial charge < -0.3 is 10.8 Å². The van der Waals surface area contributed by atoms with Gasteiger partial charge in [-0.1, -0.05) is 6.07 Å². The molecule has 0 aromatic heterocycles. The second-order valence-corrected chi connectivity index (χ2v) is 5.92. The Balaban J connectivity index is 2.26. The van der Waals surface area contributed by atoms with Crippen LogP contribution < -0.4 is 14.8 Å². The lowest BCUT2D eigenvalue weighted by atomic mass is 10.1. The summed E-state index contributed by atoms with van der Waals surface area (Å²) in [6.07, 6.45) is 0.466. The van der Waals surface area contributed by atoms with Gasteiger partial charge in [0.05, 0.1) is 5.69 Å². The molecule has 4 N–H and O–H groups in total. The number of aromatic hydroxyl groups is 1. The lowest BCUT2D eigenvalue weighted by Gasteiger charge is -2.16. The highest BCUT2D eigenvalue weighted by Gasteiger charge is 2.35. The second kappa shape index (κ2) is 5.00.